The summed E-state index contributed by atoms with van der Waals surface area (Å²) in [5.74, 6) is 0.845. The van der Waals surface area contributed by atoms with Gasteiger partial charge in [0.1, 0.15) is 76.6 Å². The van der Waals surface area contributed by atoms with Gasteiger partial charge in [-0.25, -0.2) is 21.6 Å². The van der Waals surface area contributed by atoms with Crippen molar-refractivity contribution in [3.8, 4) is 5.75 Å². The summed E-state index contributed by atoms with van der Waals surface area (Å²) < 4.78 is 61.0. The number of carbonyl (C=O) groups is 1. The van der Waals surface area contributed by atoms with Crippen LogP contribution in [0.3, 0.4) is 0 Å². The van der Waals surface area contributed by atoms with Crippen molar-refractivity contribution in [2.45, 2.75) is 145 Å². The van der Waals surface area contributed by atoms with Gasteiger partial charge in [-0.05, 0) is 243 Å². The molecule has 5 aliphatic heterocycles. The van der Waals surface area contributed by atoms with E-state index in [1.807, 2.05) is 120 Å². The predicted molar refractivity (Wildman–Crippen MR) is 512 cm³/mol. The number of thioether (sulfide) groups is 1. The highest BCUT2D eigenvalue weighted by Crippen LogP contribution is 2.53. The first-order valence-corrected chi connectivity index (χ1v) is 54.0. The maximum Gasteiger partial charge on any atom is 0.338 e. The van der Waals surface area contributed by atoms with E-state index in [1.165, 1.54) is 103 Å². The number of hydrogen-bond acceptors (Lipinski definition) is 17. The van der Waals surface area contributed by atoms with Crippen LogP contribution >= 0.6 is 58.8 Å². The molecule has 126 heavy (non-hydrogen) atoms. The molecule has 15 aromatic rings. The molecule has 634 valence electrons. The number of fused-ring (bicyclic) bond motifs is 10. The van der Waals surface area contributed by atoms with E-state index >= 15 is 0 Å². The van der Waals surface area contributed by atoms with Crippen molar-refractivity contribution in [3.05, 3.63) is 375 Å². The van der Waals surface area contributed by atoms with E-state index in [-0.39, 0.29) is 93.9 Å². The Morgan fingerprint density at radius 2 is 0.675 bits per heavy atom. The molecule has 5 aliphatic rings. The Morgan fingerprint density at radius 3 is 1.04 bits per heavy atom. The van der Waals surface area contributed by atoms with Gasteiger partial charge < -0.3 is 35.0 Å². The predicted octanol–water partition coefficient (Wildman–Crippen LogP) is 22.2. The quantitative estimate of drug-likeness (QED) is 0.0208. The van der Waals surface area contributed by atoms with Crippen molar-refractivity contribution in [1.29, 1.82) is 0 Å². The largest absolute Gasteiger partial charge is 0.491 e. The van der Waals surface area contributed by atoms with E-state index in [9.17, 15) is 26.7 Å². The van der Waals surface area contributed by atoms with Gasteiger partial charge in [-0.2, -0.15) is 0 Å². The van der Waals surface area contributed by atoms with Gasteiger partial charge in [0.2, 0.25) is 9.84 Å². The van der Waals surface area contributed by atoms with Gasteiger partial charge in [-0.1, -0.05) is 181 Å². The van der Waals surface area contributed by atoms with Crippen molar-refractivity contribution >= 4 is 139 Å². The number of sulfone groups is 2. The van der Waals surface area contributed by atoms with E-state index in [0.717, 1.165) is 31.1 Å². The summed E-state index contributed by atoms with van der Waals surface area (Å²) in [6, 6.07) is 123. The smallest absolute Gasteiger partial charge is 0.338 e. The van der Waals surface area contributed by atoms with Crippen LogP contribution < -0.4 is 4.74 Å². The molecular weight excluding hydrogens is 1800 g/mol. The van der Waals surface area contributed by atoms with Crippen LogP contribution in [0.15, 0.2) is 496 Å². The monoisotopic (exact) mass is 1890 g/mol. The molecule has 0 fully saturated rings. The minimum atomic E-state index is -3.56. The number of rotatable bonds is 20. The molecule has 12 nitrogen and oxygen atoms in total. The SMILES string of the molecule is O=C(OCCCO)c1ccc([S+]2c3ccccc3S(=O)(=O)c3ccccc32)cc1.O=S(=O)(CCO)c1ccc([S+]2c3ccccc3Sc3ccccc32)cc1.OCCOc1ccc([S+]2c3ccccc3Sc3ccccc32)cc1.OCCSc1ccc([S+]2c3ccccc3Sc3ccccc32)cc1.OCCc1cccc([S+]2c3ccccc3Sc3ccccc32)c1. The lowest BCUT2D eigenvalue weighted by atomic mass is 10.2. The van der Waals surface area contributed by atoms with E-state index in [4.69, 9.17) is 29.9 Å². The first kappa shape index (κ1) is 90.1. The second-order valence-corrected chi connectivity index (χ2v) is 47.7. The Balaban J connectivity index is 0.000000116. The van der Waals surface area contributed by atoms with E-state index in [2.05, 4.69) is 231 Å². The standard InChI is InChI=1S/C22H19O5S2.C20H17O3S3.C20H17O2S2.C20H17OS3.C20H17OS2/c23-14-5-15-27-22(24)16-10-12-17(13-11-16)28-18-6-1-3-8-20(18)29(25,26)21-9-4-2-7-19(21)28;21-13-14-26(22,23)16-11-9-15(10-12-16)25-19-7-3-1-5-17(19)24-18-6-2-4-8-20(18)25;2*21-13-14-22-15-9-11-16(12-10-15)24-19-7-3-1-5-17(19)23-18-6-2-4-8-20(18)24;21-13-12-15-6-5-7-16(14-15)23-19-10-3-1-8-17(19)22-18-9-2-4-11-20(18)23/h1-4,6-13,23H,5,14-15H2;1-12,21H,13-14H2;2*1-12,21H,13-14H2;1-11,14,21H,12-13H2/q5*+1. The second-order valence-electron chi connectivity index (χ2n) is 28.4. The Hall–Kier alpha value is -9.23. The lowest BCUT2D eigenvalue weighted by Crippen LogP contribution is -2.20. The summed E-state index contributed by atoms with van der Waals surface area (Å²) in [7, 11) is -8.08. The fourth-order valence-electron chi connectivity index (χ4n) is 14.4. The number of aliphatic hydroxyl groups is 5. The number of hydrogen-bond donors (Lipinski definition) is 5. The van der Waals surface area contributed by atoms with Crippen LogP contribution in [-0.2, 0) is 85.3 Å². The van der Waals surface area contributed by atoms with E-state index in [0.29, 0.717) is 34.8 Å². The Labute approximate surface area is 771 Å². The van der Waals surface area contributed by atoms with Crippen LogP contribution in [-0.4, -0.2) is 106 Å². The molecule has 20 rings (SSSR count). The van der Waals surface area contributed by atoms with Gasteiger partial charge in [0, 0.05) is 30.3 Å². The fraction of sp³-hybridized carbons (Fsp3) is 0.108. The van der Waals surface area contributed by atoms with Crippen LogP contribution in [0.4, 0.5) is 0 Å². The average Bonchev–Trinajstić information content (AvgIpc) is 0.730. The molecule has 0 aromatic heterocycles. The normalized spacial score (nSPS) is 13.8. The Bertz CT molecular complexity index is 6190. The first-order valence-electron chi connectivity index (χ1n) is 40.5. The molecule has 5 heterocycles. The maximum absolute atomic E-state index is 13.1. The highest BCUT2D eigenvalue weighted by atomic mass is 32.2. The van der Waals surface area contributed by atoms with E-state index < -0.39 is 36.5 Å². The van der Waals surface area contributed by atoms with Gasteiger partial charge in [-0.15, -0.1) is 11.8 Å². The van der Waals surface area contributed by atoms with Crippen LogP contribution in [0.1, 0.15) is 22.3 Å². The van der Waals surface area contributed by atoms with Crippen molar-refractivity contribution in [2.24, 2.45) is 0 Å². The average molecular weight is 1890 g/mol. The van der Waals surface area contributed by atoms with E-state index in [1.54, 1.807) is 72.1 Å². The third-order valence-corrected chi connectivity index (χ3v) is 42.3. The Kier molecular flexibility index (Phi) is 30.6. The van der Waals surface area contributed by atoms with Gasteiger partial charge in [0.05, 0.1) is 81.8 Å². The maximum atomic E-state index is 13.1. The summed E-state index contributed by atoms with van der Waals surface area (Å²) >= 11 is 9.06. The number of aliphatic hydroxyl groups excluding tert-OH is 5. The molecule has 24 heteroatoms. The van der Waals surface area contributed by atoms with Crippen LogP contribution in [0.5, 0.6) is 5.75 Å². The molecule has 0 unspecified atom stereocenters. The zero-order valence-corrected chi connectivity index (χ0v) is 77.7. The van der Waals surface area contributed by atoms with Crippen molar-refractivity contribution in [2.75, 3.05) is 57.8 Å². The van der Waals surface area contributed by atoms with Crippen molar-refractivity contribution in [1.82, 2.24) is 0 Å². The van der Waals surface area contributed by atoms with Gasteiger partial charge in [0.25, 0.3) is 0 Å². The molecule has 0 amide bonds. The summed E-state index contributed by atoms with van der Waals surface area (Å²) in [5.41, 5.74) is 1.62. The summed E-state index contributed by atoms with van der Waals surface area (Å²) in [5, 5.41) is 44.9. The molecule has 0 radical (unpaired) electrons. The third kappa shape index (κ3) is 20.6. The minimum Gasteiger partial charge on any atom is -0.491 e. The van der Waals surface area contributed by atoms with Crippen LogP contribution in [0, 0.1) is 0 Å². The topological polar surface area (TPSA) is 205 Å². The lowest BCUT2D eigenvalue weighted by molar-refractivity contribution is 0.0482. The molecule has 0 atom stereocenters. The van der Waals surface area contributed by atoms with Crippen LogP contribution in [0.25, 0.3) is 0 Å². The van der Waals surface area contributed by atoms with Gasteiger partial charge in [0.15, 0.2) is 83.3 Å². The molecule has 0 bridgehead atoms. The van der Waals surface area contributed by atoms with Crippen LogP contribution in [0.2, 0.25) is 0 Å². The Morgan fingerprint density at radius 1 is 0.333 bits per heavy atom. The molecule has 0 saturated heterocycles. The molecule has 5 N–H and O–H groups in total. The third-order valence-electron chi connectivity index (χ3n) is 20.2. The highest BCUT2D eigenvalue weighted by Gasteiger charge is 2.46. The molecule has 0 aliphatic carbocycles. The molecular formula is C102H87O12S12+5. The summed E-state index contributed by atoms with van der Waals surface area (Å²) in [6.07, 6.45) is 1.11. The zero-order chi connectivity index (χ0) is 86.9. The molecule has 0 saturated carbocycles. The van der Waals surface area contributed by atoms with Gasteiger partial charge >= 0.3 is 5.97 Å². The molecule has 0 spiro atoms. The second kappa shape index (κ2) is 42.8. The van der Waals surface area contributed by atoms with Gasteiger partial charge in [-0.3, -0.25) is 0 Å². The number of ether oxygens (including phenoxy) is 2. The molecule has 15 aromatic carbocycles. The van der Waals surface area contributed by atoms with Crippen molar-refractivity contribution in [3.63, 3.8) is 0 Å². The highest BCUT2D eigenvalue weighted by molar-refractivity contribution is 8.06. The minimum absolute atomic E-state index is 0.0310. The number of benzene rings is 15. The summed E-state index contributed by atoms with van der Waals surface area (Å²) in [4.78, 5) is 43.2. The zero-order valence-electron chi connectivity index (χ0n) is 67.9. The van der Waals surface area contributed by atoms with Crippen molar-refractivity contribution < 1.29 is 56.6 Å². The lowest BCUT2D eigenvalue weighted by Gasteiger charge is -2.19. The summed E-state index contributed by atoms with van der Waals surface area (Å²) in [6.45, 7) is 0.537. The number of esters is 1. The fourth-order valence-corrected chi connectivity index (χ4v) is 35.9. The first-order chi connectivity index (χ1) is 61.7. The number of carbonyl (C=O) groups excluding carboxylic acids is 1.